The maximum Gasteiger partial charge on any atom is 0.161 e. The second kappa shape index (κ2) is 7.07. The number of anilines is 1. The van der Waals surface area contributed by atoms with E-state index in [2.05, 4.69) is 30.7 Å². The summed E-state index contributed by atoms with van der Waals surface area (Å²) in [6, 6.07) is 9.69. The average molecular weight is 285 g/mol. The molecule has 2 aromatic rings. The van der Waals surface area contributed by atoms with E-state index in [1.165, 1.54) is 0 Å². The van der Waals surface area contributed by atoms with Crippen LogP contribution in [0.2, 0.25) is 0 Å². The highest BCUT2D eigenvalue weighted by molar-refractivity contribution is 5.59. The Morgan fingerprint density at radius 2 is 2.00 bits per heavy atom. The number of rotatable bonds is 6. The van der Waals surface area contributed by atoms with E-state index >= 15 is 0 Å². The number of ether oxygens (including phenoxy) is 1. The summed E-state index contributed by atoms with van der Waals surface area (Å²) in [5, 5.41) is 0. The van der Waals surface area contributed by atoms with Gasteiger partial charge in [0.15, 0.2) is 5.82 Å². The lowest BCUT2D eigenvalue weighted by molar-refractivity contribution is 0.317. The Morgan fingerprint density at radius 1 is 1.19 bits per heavy atom. The summed E-state index contributed by atoms with van der Waals surface area (Å²) >= 11 is 0. The third kappa shape index (κ3) is 4.45. The second-order valence-electron chi connectivity index (χ2n) is 5.58. The first-order chi connectivity index (χ1) is 10.1. The van der Waals surface area contributed by atoms with Gasteiger partial charge in [0.2, 0.25) is 0 Å². The molecule has 0 aliphatic rings. The largest absolute Gasteiger partial charge is 0.494 e. The van der Waals surface area contributed by atoms with Crippen LogP contribution in [-0.4, -0.2) is 16.6 Å². The minimum absolute atomic E-state index is 0.510. The number of aromatic nitrogens is 2. The fourth-order valence-corrected chi connectivity index (χ4v) is 2.12. The van der Waals surface area contributed by atoms with Gasteiger partial charge in [-0.05, 0) is 30.9 Å². The molecule has 2 rings (SSSR count). The zero-order chi connectivity index (χ0) is 15.2. The molecule has 0 radical (unpaired) electrons. The van der Waals surface area contributed by atoms with Gasteiger partial charge in [-0.1, -0.05) is 32.9 Å². The highest BCUT2D eigenvalue weighted by atomic mass is 16.5. The van der Waals surface area contributed by atoms with E-state index in [0.717, 1.165) is 29.8 Å². The monoisotopic (exact) mass is 285 g/mol. The molecule has 0 bridgehead atoms. The minimum atomic E-state index is 0.510. The molecule has 0 unspecified atom stereocenters. The fourth-order valence-electron chi connectivity index (χ4n) is 2.12. The quantitative estimate of drug-likeness (QED) is 0.878. The van der Waals surface area contributed by atoms with Gasteiger partial charge < -0.3 is 10.5 Å². The van der Waals surface area contributed by atoms with Crippen LogP contribution in [0.5, 0.6) is 5.75 Å². The molecular weight excluding hydrogens is 262 g/mol. The molecule has 0 saturated carbocycles. The Kier molecular flexibility index (Phi) is 5.14. The van der Waals surface area contributed by atoms with Gasteiger partial charge in [-0.2, -0.15) is 0 Å². The summed E-state index contributed by atoms with van der Waals surface area (Å²) in [4.78, 5) is 8.96. The maximum atomic E-state index is 5.91. The van der Waals surface area contributed by atoms with Crippen LogP contribution in [0.15, 0.2) is 30.3 Å². The normalized spacial score (nSPS) is 10.9. The lowest BCUT2D eigenvalue weighted by atomic mass is 10.1. The van der Waals surface area contributed by atoms with Crippen LogP contribution in [0, 0.1) is 5.92 Å². The van der Waals surface area contributed by atoms with E-state index < -0.39 is 0 Å². The first-order valence-corrected chi connectivity index (χ1v) is 7.45. The summed E-state index contributed by atoms with van der Waals surface area (Å²) in [7, 11) is 0. The number of nitrogens with zero attached hydrogens (tertiary/aromatic N) is 2. The van der Waals surface area contributed by atoms with Gasteiger partial charge in [0, 0.05) is 17.3 Å². The van der Waals surface area contributed by atoms with E-state index in [-0.39, 0.29) is 0 Å². The van der Waals surface area contributed by atoms with Gasteiger partial charge in [-0.15, -0.1) is 0 Å². The van der Waals surface area contributed by atoms with Gasteiger partial charge in [-0.3, -0.25) is 0 Å². The minimum Gasteiger partial charge on any atom is -0.494 e. The molecule has 4 heteroatoms. The van der Waals surface area contributed by atoms with E-state index in [1.807, 2.05) is 30.3 Å². The third-order valence-corrected chi connectivity index (χ3v) is 2.98. The standard InChI is InChI=1S/C17H23N3O/c1-4-8-21-15-7-5-6-13(10-15)17-19-14(9-12(2)3)11-16(18)20-17/h5-7,10-12H,4,8-9H2,1-3H3,(H2,18,19,20). The summed E-state index contributed by atoms with van der Waals surface area (Å²) < 4.78 is 5.66. The van der Waals surface area contributed by atoms with Crippen molar-refractivity contribution in [3.05, 3.63) is 36.0 Å². The Hall–Kier alpha value is -2.10. The van der Waals surface area contributed by atoms with Crippen LogP contribution in [0.25, 0.3) is 11.4 Å². The SMILES string of the molecule is CCCOc1cccc(-c2nc(N)cc(CC(C)C)n2)c1. The molecule has 0 aliphatic heterocycles. The summed E-state index contributed by atoms with van der Waals surface area (Å²) in [6.45, 7) is 7.12. The van der Waals surface area contributed by atoms with Crippen molar-refractivity contribution in [2.45, 2.75) is 33.6 Å². The first kappa shape index (κ1) is 15.3. The number of nitrogens with two attached hydrogens (primary N) is 1. The van der Waals surface area contributed by atoms with Crippen molar-refractivity contribution in [3.8, 4) is 17.1 Å². The Balaban J connectivity index is 2.30. The highest BCUT2D eigenvalue weighted by Gasteiger charge is 2.08. The van der Waals surface area contributed by atoms with E-state index in [0.29, 0.717) is 24.2 Å². The topological polar surface area (TPSA) is 61.0 Å². The van der Waals surface area contributed by atoms with Crippen molar-refractivity contribution in [1.82, 2.24) is 9.97 Å². The Bertz CT molecular complexity index is 596. The van der Waals surface area contributed by atoms with Crippen LogP contribution in [0.1, 0.15) is 32.9 Å². The molecule has 0 saturated heterocycles. The Morgan fingerprint density at radius 3 is 2.71 bits per heavy atom. The molecule has 112 valence electrons. The molecule has 1 heterocycles. The zero-order valence-electron chi connectivity index (χ0n) is 13.0. The van der Waals surface area contributed by atoms with Crippen LogP contribution in [0.4, 0.5) is 5.82 Å². The highest BCUT2D eigenvalue weighted by Crippen LogP contribution is 2.23. The molecule has 0 spiro atoms. The molecule has 1 aromatic heterocycles. The predicted octanol–water partition coefficient (Wildman–Crippen LogP) is 3.71. The molecule has 0 fully saturated rings. The molecule has 2 N–H and O–H groups in total. The Labute approximate surface area is 126 Å². The van der Waals surface area contributed by atoms with Gasteiger partial charge in [0.25, 0.3) is 0 Å². The number of hydrogen-bond acceptors (Lipinski definition) is 4. The van der Waals surface area contributed by atoms with Crippen molar-refractivity contribution >= 4 is 5.82 Å². The van der Waals surface area contributed by atoms with Crippen molar-refractivity contribution in [1.29, 1.82) is 0 Å². The second-order valence-corrected chi connectivity index (χ2v) is 5.58. The fraction of sp³-hybridized carbons (Fsp3) is 0.412. The molecule has 0 aliphatic carbocycles. The lowest BCUT2D eigenvalue weighted by Gasteiger charge is -2.09. The smallest absolute Gasteiger partial charge is 0.161 e. The molecular formula is C17H23N3O. The summed E-state index contributed by atoms with van der Waals surface area (Å²) in [5.41, 5.74) is 7.82. The van der Waals surface area contributed by atoms with Gasteiger partial charge in [0.05, 0.1) is 6.61 Å². The number of hydrogen-bond donors (Lipinski definition) is 1. The van der Waals surface area contributed by atoms with Gasteiger partial charge in [0.1, 0.15) is 11.6 Å². The number of nitrogen functional groups attached to an aromatic ring is 1. The summed E-state index contributed by atoms with van der Waals surface area (Å²) in [6.07, 6.45) is 1.88. The average Bonchev–Trinajstić information content (AvgIpc) is 2.44. The molecule has 21 heavy (non-hydrogen) atoms. The van der Waals surface area contributed by atoms with Crippen molar-refractivity contribution < 1.29 is 4.74 Å². The molecule has 0 amide bonds. The van der Waals surface area contributed by atoms with Gasteiger partial charge in [-0.25, -0.2) is 9.97 Å². The van der Waals surface area contributed by atoms with Gasteiger partial charge >= 0.3 is 0 Å². The van der Waals surface area contributed by atoms with Crippen LogP contribution >= 0.6 is 0 Å². The van der Waals surface area contributed by atoms with Crippen molar-refractivity contribution in [2.24, 2.45) is 5.92 Å². The van der Waals surface area contributed by atoms with Crippen LogP contribution < -0.4 is 10.5 Å². The molecule has 0 atom stereocenters. The number of benzene rings is 1. The summed E-state index contributed by atoms with van der Waals surface area (Å²) in [5.74, 6) is 2.54. The van der Waals surface area contributed by atoms with Crippen LogP contribution in [0.3, 0.4) is 0 Å². The van der Waals surface area contributed by atoms with Crippen LogP contribution in [-0.2, 0) is 6.42 Å². The third-order valence-electron chi connectivity index (χ3n) is 2.98. The maximum absolute atomic E-state index is 5.91. The van der Waals surface area contributed by atoms with Crippen molar-refractivity contribution in [3.63, 3.8) is 0 Å². The van der Waals surface area contributed by atoms with Crippen molar-refractivity contribution in [2.75, 3.05) is 12.3 Å². The molecule has 1 aromatic carbocycles. The molecule has 4 nitrogen and oxygen atoms in total. The predicted molar refractivity (Wildman–Crippen MR) is 86.2 cm³/mol. The zero-order valence-corrected chi connectivity index (χ0v) is 13.0. The van der Waals surface area contributed by atoms with E-state index in [1.54, 1.807) is 0 Å². The lowest BCUT2D eigenvalue weighted by Crippen LogP contribution is -2.03. The van der Waals surface area contributed by atoms with E-state index in [9.17, 15) is 0 Å². The first-order valence-electron chi connectivity index (χ1n) is 7.45. The van der Waals surface area contributed by atoms with E-state index in [4.69, 9.17) is 10.5 Å².